The van der Waals surface area contributed by atoms with Crippen molar-refractivity contribution in [2.75, 3.05) is 39.6 Å². The fraction of sp³-hybridized carbons (Fsp3) is 0.394. The molecule has 2 atom stereocenters. The summed E-state index contributed by atoms with van der Waals surface area (Å²) >= 11 is 0. The Morgan fingerprint density at radius 3 is 2.22 bits per heavy atom. The predicted octanol–water partition coefficient (Wildman–Crippen LogP) is 3.94. The second kappa shape index (κ2) is 25.5. The van der Waals surface area contributed by atoms with Gasteiger partial charge in [0.1, 0.15) is 11.5 Å². The van der Waals surface area contributed by atoms with Crippen LogP contribution in [0, 0.1) is 31.4 Å². The van der Waals surface area contributed by atoms with Crippen molar-refractivity contribution in [1.29, 1.82) is 0 Å². The third kappa shape index (κ3) is 15.8. The maximum absolute atomic E-state index is 11.9. The van der Waals surface area contributed by atoms with Gasteiger partial charge in [0.25, 0.3) is 0 Å². The number of allylic oxidation sites excluding steroid dienone is 4. The molecule has 2 aromatic heterocycles. The van der Waals surface area contributed by atoms with E-state index in [9.17, 15) is 13.6 Å². The average Bonchev–Trinajstić information content (AvgIpc) is 3.83. The number of anilines is 1. The van der Waals surface area contributed by atoms with Crippen LogP contribution in [0.4, 0.5) is 14.6 Å². The van der Waals surface area contributed by atoms with Gasteiger partial charge in [0, 0.05) is 57.7 Å². The van der Waals surface area contributed by atoms with E-state index in [0.717, 1.165) is 80.1 Å². The van der Waals surface area contributed by atoms with Crippen LogP contribution in [-0.2, 0) is 21.4 Å². The summed E-state index contributed by atoms with van der Waals surface area (Å²) in [5, 5.41) is 16.9. The lowest BCUT2D eigenvalue weighted by Crippen LogP contribution is -2.29. The molecule has 0 spiro atoms. The molecule has 5 rings (SSSR count). The molecule has 1 saturated heterocycles. The minimum absolute atomic E-state index is 0.203. The molecule has 1 aliphatic heterocycles. The predicted molar refractivity (Wildman–Crippen MR) is 180 cm³/mol. The summed E-state index contributed by atoms with van der Waals surface area (Å²) in [6.07, 6.45) is 24.6. The second-order valence-electron chi connectivity index (χ2n) is 9.61. The molecule has 2 aliphatic rings. The first-order valence-corrected chi connectivity index (χ1v) is 14.6. The molecular weight excluding hydrogens is 594 g/mol. The van der Waals surface area contributed by atoms with Gasteiger partial charge < -0.3 is 26.4 Å². The molecule has 1 aromatic carbocycles. The van der Waals surface area contributed by atoms with Gasteiger partial charge in [0.05, 0.1) is 12.2 Å². The third-order valence-corrected chi connectivity index (χ3v) is 6.16. The van der Waals surface area contributed by atoms with Crippen LogP contribution in [0.5, 0.6) is 0 Å². The molecule has 0 bridgehead atoms. The molecule has 0 saturated carbocycles. The fourth-order valence-corrected chi connectivity index (χ4v) is 3.89. The van der Waals surface area contributed by atoms with E-state index < -0.39 is 11.6 Å². The average molecular weight is 643 g/mol. The van der Waals surface area contributed by atoms with Crippen molar-refractivity contribution in [3.05, 3.63) is 78.2 Å². The summed E-state index contributed by atoms with van der Waals surface area (Å²) in [7, 11) is 5.17. The number of aryl methyl sites for hydroxylation is 1. The molecule has 1 aliphatic carbocycles. The van der Waals surface area contributed by atoms with Gasteiger partial charge >= 0.3 is 0 Å². The zero-order chi connectivity index (χ0) is 34.7. The number of nitrogens with one attached hydrogen (secondary N) is 3. The number of halogens is 2. The Labute approximate surface area is 271 Å². The van der Waals surface area contributed by atoms with Gasteiger partial charge in [0.2, 0.25) is 12.8 Å². The zero-order valence-corrected chi connectivity index (χ0v) is 27.3. The number of rotatable bonds is 7. The lowest BCUT2D eigenvalue weighted by Gasteiger charge is -2.15. The van der Waals surface area contributed by atoms with Crippen molar-refractivity contribution in [1.82, 2.24) is 35.5 Å². The van der Waals surface area contributed by atoms with Crippen molar-refractivity contribution in [3.63, 3.8) is 0 Å². The number of amides is 2. The Kier molecular flexibility index (Phi) is 22.9. The zero-order valence-electron chi connectivity index (χ0n) is 27.3. The van der Waals surface area contributed by atoms with Crippen LogP contribution in [0.2, 0.25) is 0 Å². The Balaban J connectivity index is 0.000000626. The highest BCUT2D eigenvalue weighted by molar-refractivity contribution is 5.67. The second-order valence-corrected chi connectivity index (χ2v) is 9.61. The number of nitrogens with zero attached hydrogens (tertiary/aromatic N) is 4. The molecule has 1 unspecified atom stereocenters. The van der Waals surface area contributed by atoms with Crippen molar-refractivity contribution in [2.45, 2.75) is 45.2 Å². The van der Waals surface area contributed by atoms with Crippen molar-refractivity contribution < 1.29 is 23.1 Å². The number of hydrogen-bond acceptors (Lipinski definition) is 7. The normalized spacial score (nSPS) is 15.3. The number of benzene rings is 1. The third-order valence-electron chi connectivity index (χ3n) is 6.16. The first kappa shape index (κ1) is 41.2. The number of terminal acetylenes is 1. The smallest absolute Gasteiger partial charge is 0.207 e. The summed E-state index contributed by atoms with van der Waals surface area (Å²) in [5.41, 5.74) is 9.12. The van der Waals surface area contributed by atoms with Crippen LogP contribution >= 0.6 is 0 Å². The van der Waals surface area contributed by atoms with Gasteiger partial charge in [-0.15, -0.1) is 12.8 Å². The van der Waals surface area contributed by atoms with Gasteiger partial charge in [-0.2, -0.15) is 10.2 Å². The van der Waals surface area contributed by atoms with Crippen LogP contribution in [0.25, 0.3) is 11.3 Å². The highest BCUT2D eigenvalue weighted by Gasteiger charge is 2.19. The molecule has 1 fully saturated rings. The van der Waals surface area contributed by atoms with Crippen LogP contribution < -0.4 is 21.7 Å². The van der Waals surface area contributed by atoms with Crippen molar-refractivity contribution >= 4 is 18.6 Å². The summed E-state index contributed by atoms with van der Waals surface area (Å²) in [4.78, 5) is 18.9. The fourth-order valence-electron chi connectivity index (χ4n) is 3.89. The van der Waals surface area contributed by atoms with E-state index in [1.165, 1.54) is 12.1 Å². The number of carbonyl (C=O) groups excluding carboxylic acids is 2. The monoisotopic (exact) mass is 642 g/mol. The number of hydrogen-bond donors (Lipinski definition) is 4. The number of nitrogen functional groups attached to an aromatic ring is 1. The van der Waals surface area contributed by atoms with Gasteiger partial charge in [-0.05, 0) is 44.9 Å². The van der Waals surface area contributed by atoms with Gasteiger partial charge in [-0.1, -0.05) is 43.4 Å². The Morgan fingerprint density at radius 2 is 1.83 bits per heavy atom. The maximum atomic E-state index is 11.9. The van der Waals surface area contributed by atoms with E-state index in [-0.39, 0.29) is 6.04 Å². The summed E-state index contributed by atoms with van der Waals surface area (Å²) < 4.78 is 32.2. The number of methoxy groups -OCH3 is 1. The van der Waals surface area contributed by atoms with E-state index in [0.29, 0.717) is 12.5 Å². The molecule has 11 nitrogen and oxygen atoms in total. The lowest BCUT2D eigenvalue weighted by molar-refractivity contribution is -0.110. The number of carbonyl (C=O) groups is 2. The molecule has 252 valence electrons. The Morgan fingerprint density at radius 1 is 1.17 bits per heavy atom. The van der Waals surface area contributed by atoms with Crippen LogP contribution in [0.15, 0.2) is 61.0 Å². The topological polar surface area (TPSA) is 141 Å². The van der Waals surface area contributed by atoms with E-state index in [2.05, 4.69) is 58.1 Å². The number of nitrogens with two attached hydrogens (primary N) is 1. The van der Waals surface area contributed by atoms with Gasteiger partial charge in [-0.3, -0.25) is 14.3 Å². The molecule has 0 radical (unpaired) electrons. The number of ether oxygens (including phenoxy) is 1. The molecule has 2 amide bonds. The Bertz CT molecular complexity index is 1310. The van der Waals surface area contributed by atoms with Crippen LogP contribution in [-0.4, -0.2) is 72.3 Å². The van der Waals surface area contributed by atoms with E-state index >= 15 is 0 Å². The minimum Gasteiger partial charge on any atom is -0.385 e. The molecule has 3 heterocycles. The molecule has 3 aromatic rings. The van der Waals surface area contributed by atoms with Crippen molar-refractivity contribution in [2.24, 2.45) is 7.05 Å². The molecule has 13 heteroatoms. The quantitative estimate of drug-likeness (QED) is 0.226. The standard InChI is InChI=1S/C14H17N5.C6H4F2.C5H10N2O.C4H10O.C2H5NO.C2H2/c1-10-13(11-8-16-18(2)9-11)17-19(14(10)15)12-6-4-3-5-7-12;7-5-3-1-2-4-6(5)8;8-4-7-5-1-2-6-3-5;1-3-4-5-2;1-3-2-4;1-2/h3-6,8-9,12H,7,15H2,1-2H3;1-4H;4-6H,1-3H2,(H,7,8);3-4H2,1-2H3;2H,1H3,(H,3,4);1-2H/t;;5-;;;/m..0.../s1. The summed E-state index contributed by atoms with van der Waals surface area (Å²) in [6, 6.07) is 5.63. The molecular formula is C33H48F2N8O3. The van der Waals surface area contributed by atoms with Crippen molar-refractivity contribution in [3.8, 4) is 24.1 Å². The van der Waals surface area contributed by atoms with Gasteiger partial charge in [-0.25, -0.2) is 13.5 Å². The minimum atomic E-state index is -0.799. The first-order chi connectivity index (χ1) is 22.2. The SMILES string of the molecule is C#C.CCCOC.CNC=O.Cc1c(-c2cnn(C)c2)nn(C2C=CC=CC2)c1N.Fc1ccccc1F.O=CN[C@H]1CCNC1. The summed E-state index contributed by atoms with van der Waals surface area (Å²) in [5.74, 6) is -0.871. The molecule has 5 N–H and O–H groups in total. The van der Waals surface area contributed by atoms with Crippen LogP contribution in [0.3, 0.4) is 0 Å². The lowest BCUT2D eigenvalue weighted by atomic mass is 10.1. The number of aromatic nitrogens is 4. The van der Waals surface area contributed by atoms with E-state index in [4.69, 9.17) is 15.3 Å². The highest BCUT2D eigenvalue weighted by atomic mass is 19.2. The Hall–Kier alpha value is -4.80. The molecule has 46 heavy (non-hydrogen) atoms. The summed E-state index contributed by atoms with van der Waals surface area (Å²) in [6.45, 7) is 6.94. The van der Waals surface area contributed by atoms with Crippen LogP contribution in [0.1, 0.15) is 37.8 Å². The van der Waals surface area contributed by atoms with Gasteiger partial charge in [0.15, 0.2) is 11.6 Å². The first-order valence-electron chi connectivity index (χ1n) is 14.6. The van der Waals surface area contributed by atoms with E-state index in [1.807, 2.05) is 43.2 Å². The van der Waals surface area contributed by atoms with E-state index in [1.54, 1.807) is 18.8 Å². The highest BCUT2D eigenvalue weighted by Crippen LogP contribution is 2.30. The maximum Gasteiger partial charge on any atom is 0.207 e. The largest absolute Gasteiger partial charge is 0.385 e.